The summed E-state index contributed by atoms with van der Waals surface area (Å²) in [7, 11) is 0. The molecule has 1 atom stereocenters. The summed E-state index contributed by atoms with van der Waals surface area (Å²) >= 11 is 1.33. The Morgan fingerprint density at radius 1 is 1.13 bits per heavy atom. The van der Waals surface area contributed by atoms with Crippen molar-refractivity contribution in [1.29, 1.82) is 0 Å². The summed E-state index contributed by atoms with van der Waals surface area (Å²) in [6, 6.07) is 11.4. The molecule has 3 rings (SSSR count). The van der Waals surface area contributed by atoms with Gasteiger partial charge in [0.1, 0.15) is 5.69 Å². The quantitative estimate of drug-likeness (QED) is 0.753. The first-order chi connectivity index (χ1) is 11.2. The number of rotatable bonds is 5. The number of hydrogen-bond acceptors (Lipinski definition) is 6. The predicted molar refractivity (Wildman–Crippen MR) is 89.8 cm³/mol. The number of carbonyl (C=O) groups is 1. The van der Waals surface area contributed by atoms with Crippen LogP contribution in [0.25, 0.3) is 0 Å². The zero-order valence-electron chi connectivity index (χ0n) is 12.4. The fraction of sp³-hybridized carbons (Fsp3) is 0.125. The fourth-order valence-corrected chi connectivity index (χ4v) is 2.67. The van der Waals surface area contributed by atoms with Gasteiger partial charge >= 0.3 is 0 Å². The van der Waals surface area contributed by atoms with Crippen molar-refractivity contribution in [2.75, 3.05) is 5.32 Å². The molecule has 0 aliphatic rings. The van der Waals surface area contributed by atoms with Crippen LogP contribution < -0.4 is 10.6 Å². The first kappa shape index (κ1) is 15.1. The van der Waals surface area contributed by atoms with E-state index in [0.717, 1.165) is 5.56 Å². The van der Waals surface area contributed by atoms with E-state index in [4.69, 9.17) is 0 Å². The Bertz CT molecular complexity index is 775. The van der Waals surface area contributed by atoms with E-state index in [0.29, 0.717) is 16.8 Å². The summed E-state index contributed by atoms with van der Waals surface area (Å²) in [6.45, 7) is 1.94. The van der Waals surface area contributed by atoms with Gasteiger partial charge in [-0.15, -0.1) is 11.3 Å². The van der Waals surface area contributed by atoms with Gasteiger partial charge in [0.15, 0.2) is 5.13 Å². The van der Waals surface area contributed by atoms with Crippen LogP contribution in [0, 0.1) is 0 Å². The topological polar surface area (TPSA) is 79.8 Å². The molecule has 0 bridgehead atoms. The van der Waals surface area contributed by atoms with Crippen molar-refractivity contribution in [1.82, 2.24) is 20.3 Å². The number of carbonyl (C=O) groups excluding carboxylic acids is 1. The monoisotopic (exact) mass is 325 g/mol. The van der Waals surface area contributed by atoms with Crippen molar-refractivity contribution in [3.05, 3.63) is 65.4 Å². The van der Waals surface area contributed by atoms with E-state index in [1.165, 1.54) is 11.3 Å². The SMILES string of the molecule is C[C@H](NC(=O)c1csc(Nc2ncccn2)n1)c1ccccc1. The summed E-state index contributed by atoms with van der Waals surface area (Å²) in [5.74, 6) is 0.242. The third kappa shape index (κ3) is 3.89. The Morgan fingerprint density at radius 3 is 2.61 bits per heavy atom. The molecule has 116 valence electrons. The highest BCUT2D eigenvalue weighted by Crippen LogP contribution is 2.19. The van der Waals surface area contributed by atoms with Crippen LogP contribution in [0.15, 0.2) is 54.2 Å². The smallest absolute Gasteiger partial charge is 0.271 e. The zero-order chi connectivity index (χ0) is 16.1. The van der Waals surface area contributed by atoms with Gasteiger partial charge in [-0.25, -0.2) is 15.0 Å². The Labute approximate surface area is 137 Å². The molecule has 1 aromatic carbocycles. The van der Waals surface area contributed by atoms with E-state index in [9.17, 15) is 4.79 Å². The summed E-state index contributed by atoms with van der Waals surface area (Å²) in [5.41, 5.74) is 1.42. The van der Waals surface area contributed by atoms with Gasteiger partial charge in [-0.3, -0.25) is 4.79 Å². The minimum atomic E-state index is -0.209. The summed E-state index contributed by atoms with van der Waals surface area (Å²) in [4.78, 5) is 24.7. The maximum atomic E-state index is 12.3. The first-order valence-electron chi connectivity index (χ1n) is 7.08. The van der Waals surface area contributed by atoms with Crippen molar-refractivity contribution in [3.63, 3.8) is 0 Å². The molecular formula is C16H15N5OS. The normalized spacial score (nSPS) is 11.7. The molecular weight excluding hydrogens is 310 g/mol. The maximum Gasteiger partial charge on any atom is 0.271 e. The number of anilines is 2. The van der Waals surface area contributed by atoms with Crippen molar-refractivity contribution in [2.45, 2.75) is 13.0 Å². The predicted octanol–water partition coefficient (Wildman–Crippen LogP) is 3.17. The molecule has 0 unspecified atom stereocenters. The summed E-state index contributed by atoms with van der Waals surface area (Å²) in [6.07, 6.45) is 3.27. The molecule has 0 fully saturated rings. The lowest BCUT2D eigenvalue weighted by Crippen LogP contribution is -2.26. The van der Waals surface area contributed by atoms with Crippen LogP contribution in [0.1, 0.15) is 29.0 Å². The summed E-state index contributed by atoms with van der Waals surface area (Å²) in [5, 5.41) is 8.19. The van der Waals surface area contributed by atoms with Crippen molar-refractivity contribution in [2.24, 2.45) is 0 Å². The van der Waals surface area contributed by atoms with Crippen LogP contribution in [-0.4, -0.2) is 20.9 Å². The van der Waals surface area contributed by atoms with E-state index in [-0.39, 0.29) is 11.9 Å². The minimum Gasteiger partial charge on any atom is -0.344 e. The molecule has 0 saturated carbocycles. The highest BCUT2D eigenvalue weighted by Gasteiger charge is 2.14. The molecule has 23 heavy (non-hydrogen) atoms. The van der Waals surface area contributed by atoms with Gasteiger partial charge in [-0.05, 0) is 18.6 Å². The van der Waals surface area contributed by atoms with Gasteiger partial charge in [0.25, 0.3) is 5.91 Å². The lowest BCUT2D eigenvalue weighted by Gasteiger charge is -2.13. The molecule has 2 heterocycles. The lowest BCUT2D eigenvalue weighted by atomic mass is 10.1. The standard InChI is InChI=1S/C16H15N5OS/c1-11(12-6-3-2-4-7-12)19-14(22)13-10-23-16(20-13)21-15-17-8-5-9-18-15/h2-11H,1H3,(H,19,22)(H,17,18,20,21)/t11-/m0/s1. The molecule has 0 aliphatic carbocycles. The Morgan fingerprint density at radius 2 is 1.87 bits per heavy atom. The Kier molecular flexibility index (Phi) is 4.58. The number of amides is 1. The zero-order valence-corrected chi connectivity index (χ0v) is 13.2. The second-order valence-corrected chi connectivity index (χ2v) is 5.70. The average molecular weight is 325 g/mol. The third-order valence-electron chi connectivity index (χ3n) is 3.17. The average Bonchev–Trinajstić information content (AvgIpc) is 3.05. The van der Waals surface area contributed by atoms with Crippen LogP contribution in [0.4, 0.5) is 11.1 Å². The van der Waals surface area contributed by atoms with Crippen LogP contribution >= 0.6 is 11.3 Å². The summed E-state index contributed by atoms with van der Waals surface area (Å²) < 4.78 is 0. The number of aromatic nitrogens is 3. The Hall–Kier alpha value is -2.80. The van der Waals surface area contributed by atoms with Crippen molar-refractivity contribution < 1.29 is 4.79 Å². The largest absolute Gasteiger partial charge is 0.344 e. The molecule has 0 radical (unpaired) electrons. The van der Waals surface area contributed by atoms with Gasteiger partial charge in [-0.1, -0.05) is 30.3 Å². The lowest BCUT2D eigenvalue weighted by molar-refractivity contribution is 0.0935. The molecule has 0 saturated heterocycles. The van der Waals surface area contributed by atoms with Crippen LogP contribution in [0.2, 0.25) is 0 Å². The highest BCUT2D eigenvalue weighted by molar-refractivity contribution is 7.14. The third-order valence-corrected chi connectivity index (χ3v) is 3.93. The minimum absolute atomic E-state index is 0.0840. The molecule has 2 N–H and O–H groups in total. The molecule has 0 aliphatic heterocycles. The molecule has 6 nitrogen and oxygen atoms in total. The highest BCUT2D eigenvalue weighted by atomic mass is 32.1. The number of hydrogen-bond donors (Lipinski definition) is 2. The van der Waals surface area contributed by atoms with Gasteiger partial charge in [-0.2, -0.15) is 0 Å². The first-order valence-corrected chi connectivity index (χ1v) is 7.96. The van der Waals surface area contributed by atoms with E-state index >= 15 is 0 Å². The number of nitrogens with one attached hydrogen (secondary N) is 2. The second kappa shape index (κ2) is 6.97. The van der Waals surface area contributed by atoms with Gasteiger partial charge in [0, 0.05) is 17.8 Å². The number of nitrogens with zero attached hydrogens (tertiary/aromatic N) is 3. The van der Waals surface area contributed by atoms with Gasteiger partial charge in [0.05, 0.1) is 6.04 Å². The van der Waals surface area contributed by atoms with E-state index in [2.05, 4.69) is 25.6 Å². The van der Waals surface area contributed by atoms with Crippen LogP contribution in [-0.2, 0) is 0 Å². The molecule has 0 spiro atoms. The van der Waals surface area contributed by atoms with Gasteiger partial charge in [0.2, 0.25) is 5.95 Å². The van der Waals surface area contributed by atoms with E-state index in [1.807, 2.05) is 37.3 Å². The van der Waals surface area contributed by atoms with Crippen LogP contribution in [0.3, 0.4) is 0 Å². The molecule has 1 amide bonds. The van der Waals surface area contributed by atoms with E-state index in [1.54, 1.807) is 23.8 Å². The molecule has 2 aromatic heterocycles. The fourth-order valence-electron chi connectivity index (χ4n) is 1.99. The van der Waals surface area contributed by atoms with Crippen LogP contribution in [0.5, 0.6) is 0 Å². The van der Waals surface area contributed by atoms with Crippen molar-refractivity contribution in [3.8, 4) is 0 Å². The van der Waals surface area contributed by atoms with Gasteiger partial charge < -0.3 is 10.6 Å². The second-order valence-electron chi connectivity index (χ2n) is 4.84. The Balaban J connectivity index is 1.64. The molecule has 3 aromatic rings. The van der Waals surface area contributed by atoms with Crippen molar-refractivity contribution >= 4 is 28.3 Å². The van der Waals surface area contributed by atoms with E-state index < -0.39 is 0 Å². The molecule has 7 heteroatoms. The maximum absolute atomic E-state index is 12.3. The number of benzene rings is 1. The number of thiazole rings is 1.